The quantitative estimate of drug-likeness (QED) is 0.481. The minimum atomic E-state index is -0.213. The molecule has 0 saturated heterocycles. The Bertz CT molecular complexity index is 1470. The lowest BCUT2D eigenvalue weighted by Crippen LogP contribution is -2.51. The van der Waals surface area contributed by atoms with Gasteiger partial charge in [0.25, 0.3) is 5.91 Å². The van der Waals surface area contributed by atoms with E-state index in [9.17, 15) is 9.59 Å². The van der Waals surface area contributed by atoms with E-state index in [1.54, 1.807) is 6.07 Å². The van der Waals surface area contributed by atoms with Crippen LogP contribution >= 0.6 is 0 Å². The highest BCUT2D eigenvalue weighted by Crippen LogP contribution is 2.44. The summed E-state index contributed by atoms with van der Waals surface area (Å²) < 4.78 is 2.24. The molecule has 7 nitrogen and oxygen atoms in total. The molecule has 1 atom stereocenters. The van der Waals surface area contributed by atoms with Crippen LogP contribution in [0.3, 0.4) is 0 Å². The highest BCUT2D eigenvalue weighted by Gasteiger charge is 2.42. The fraction of sp³-hybridized carbons (Fsp3) is 0.250. The van der Waals surface area contributed by atoms with Gasteiger partial charge in [-0.2, -0.15) is 0 Å². The molecule has 2 aliphatic rings. The van der Waals surface area contributed by atoms with Gasteiger partial charge in [-0.1, -0.05) is 36.4 Å². The van der Waals surface area contributed by atoms with Gasteiger partial charge < -0.3 is 19.7 Å². The van der Waals surface area contributed by atoms with Crippen molar-refractivity contribution < 1.29 is 9.59 Å². The number of nitrogens with one attached hydrogen (secondary N) is 1. The number of amides is 2. The third-order valence-electron chi connectivity index (χ3n) is 7.12. The fourth-order valence-electron chi connectivity index (χ4n) is 5.58. The Balaban J connectivity index is 1.39. The molecule has 1 N–H and O–H groups in total. The van der Waals surface area contributed by atoms with Gasteiger partial charge >= 0.3 is 0 Å². The summed E-state index contributed by atoms with van der Waals surface area (Å²) in [5.74, 6) is 0.546. The average molecular weight is 466 g/mol. The van der Waals surface area contributed by atoms with Gasteiger partial charge in [0.05, 0.1) is 16.9 Å². The van der Waals surface area contributed by atoms with E-state index in [0.717, 1.165) is 34.6 Å². The molecule has 35 heavy (non-hydrogen) atoms. The number of anilines is 2. The maximum atomic E-state index is 13.4. The first-order valence-electron chi connectivity index (χ1n) is 12.0. The number of hydrogen-bond donors (Lipinski definition) is 1. The Labute approximate surface area is 204 Å². The molecule has 176 valence electrons. The number of pyridine rings is 1. The minimum Gasteiger partial charge on any atom is -0.349 e. The molecule has 2 aromatic heterocycles. The SMILES string of the molecule is Cc1cccc(NC(=O)CCn2c3c(c4ccccc42)CCN2C(=O)c4ccccc4N(C)C32)n1. The van der Waals surface area contributed by atoms with Gasteiger partial charge in [-0.15, -0.1) is 0 Å². The molecule has 4 heterocycles. The van der Waals surface area contributed by atoms with Gasteiger partial charge in [0.15, 0.2) is 0 Å². The molecule has 0 aliphatic carbocycles. The Morgan fingerprint density at radius 1 is 1.06 bits per heavy atom. The van der Waals surface area contributed by atoms with Gasteiger partial charge in [0, 0.05) is 43.2 Å². The van der Waals surface area contributed by atoms with Gasteiger partial charge in [0.1, 0.15) is 12.0 Å². The fourth-order valence-corrected chi connectivity index (χ4v) is 5.58. The van der Waals surface area contributed by atoms with Gasteiger partial charge in [0.2, 0.25) is 5.91 Å². The highest BCUT2D eigenvalue weighted by atomic mass is 16.2. The molecule has 0 radical (unpaired) electrons. The normalized spacial score (nSPS) is 16.6. The summed E-state index contributed by atoms with van der Waals surface area (Å²) in [5, 5.41) is 4.12. The summed E-state index contributed by atoms with van der Waals surface area (Å²) in [6.07, 6.45) is 0.886. The van der Waals surface area contributed by atoms with E-state index >= 15 is 0 Å². The van der Waals surface area contributed by atoms with E-state index in [1.807, 2.05) is 54.3 Å². The zero-order valence-corrected chi connectivity index (χ0v) is 19.9. The van der Waals surface area contributed by atoms with Crippen LogP contribution in [-0.2, 0) is 17.8 Å². The van der Waals surface area contributed by atoms with E-state index in [-0.39, 0.29) is 18.0 Å². The Morgan fingerprint density at radius 3 is 2.71 bits per heavy atom. The van der Waals surface area contributed by atoms with Crippen LogP contribution in [0.15, 0.2) is 66.7 Å². The molecular formula is C28H27N5O2. The molecule has 0 fully saturated rings. The van der Waals surface area contributed by atoms with Crippen LogP contribution in [0.25, 0.3) is 10.9 Å². The number of para-hydroxylation sites is 2. The molecule has 2 amide bonds. The maximum Gasteiger partial charge on any atom is 0.257 e. The maximum absolute atomic E-state index is 13.4. The number of hydrogen-bond acceptors (Lipinski definition) is 4. The Kier molecular flexibility index (Phi) is 5.06. The van der Waals surface area contributed by atoms with Crippen LogP contribution in [0.1, 0.15) is 39.9 Å². The second-order valence-corrected chi connectivity index (χ2v) is 9.25. The third-order valence-corrected chi connectivity index (χ3v) is 7.12. The van der Waals surface area contributed by atoms with Crippen molar-refractivity contribution in [3.8, 4) is 0 Å². The van der Waals surface area contributed by atoms with Crippen molar-refractivity contribution in [2.75, 3.05) is 23.8 Å². The van der Waals surface area contributed by atoms with Crippen LogP contribution in [0.2, 0.25) is 0 Å². The summed E-state index contributed by atoms with van der Waals surface area (Å²) in [6, 6.07) is 21.7. The number of nitrogens with zero attached hydrogens (tertiary/aromatic N) is 4. The van der Waals surface area contributed by atoms with Crippen molar-refractivity contribution in [1.82, 2.24) is 14.5 Å². The number of fused-ring (bicyclic) bond motifs is 6. The van der Waals surface area contributed by atoms with Crippen molar-refractivity contribution >= 4 is 34.2 Å². The Hall–Kier alpha value is -4.13. The van der Waals surface area contributed by atoms with Crippen LogP contribution < -0.4 is 10.2 Å². The van der Waals surface area contributed by atoms with E-state index in [1.165, 1.54) is 10.9 Å². The van der Waals surface area contributed by atoms with Gasteiger partial charge in [-0.3, -0.25) is 9.59 Å². The van der Waals surface area contributed by atoms with Crippen LogP contribution in [-0.4, -0.2) is 39.9 Å². The predicted molar refractivity (Wildman–Crippen MR) is 136 cm³/mol. The molecule has 0 spiro atoms. The first-order valence-corrected chi connectivity index (χ1v) is 12.0. The second-order valence-electron chi connectivity index (χ2n) is 9.25. The summed E-state index contributed by atoms with van der Waals surface area (Å²) in [4.78, 5) is 34.8. The van der Waals surface area contributed by atoms with Crippen LogP contribution in [0.5, 0.6) is 0 Å². The van der Waals surface area contributed by atoms with Gasteiger partial charge in [-0.25, -0.2) is 4.98 Å². The highest BCUT2D eigenvalue weighted by molar-refractivity contribution is 6.02. The summed E-state index contributed by atoms with van der Waals surface area (Å²) >= 11 is 0. The van der Waals surface area contributed by atoms with Crippen molar-refractivity contribution in [3.63, 3.8) is 0 Å². The largest absolute Gasteiger partial charge is 0.349 e. The number of aromatic nitrogens is 2. The average Bonchev–Trinajstić information content (AvgIpc) is 3.19. The van der Waals surface area contributed by atoms with E-state index < -0.39 is 0 Å². The lowest BCUT2D eigenvalue weighted by Gasteiger charge is -2.46. The minimum absolute atomic E-state index is 0.0643. The first-order chi connectivity index (χ1) is 17.0. The van der Waals surface area contributed by atoms with Crippen LogP contribution in [0, 0.1) is 6.92 Å². The van der Waals surface area contributed by atoms with Crippen LogP contribution in [0.4, 0.5) is 11.5 Å². The summed E-state index contributed by atoms with van der Waals surface area (Å²) in [5.41, 5.74) is 6.00. The first kappa shape index (κ1) is 21.4. The Morgan fingerprint density at radius 2 is 1.86 bits per heavy atom. The molecule has 4 aromatic rings. The second kappa shape index (κ2) is 8.27. The number of carbonyl (C=O) groups excluding carboxylic acids is 2. The topological polar surface area (TPSA) is 70.5 Å². The molecule has 2 aliphatic heterocycles. The molecule has 1 unspecified atom stereocenters. The number of benzene rings is 2. The van der Waals surface area contributed by atoms with E-state index in [4.69, 9.17) is 0 Å². The predicted octanol–water partition coefficient (Wildman–Crippen LogP) is 4.52. The number of aryl methyl sites for hydroxylation is 2. The molecule has 2 aromatic carbocycles. The number of rotatable bonds is 4. The van der Waals surface area contributed by atoms with E-state index in [2.05, 4.69) is 45.0 Å². The zero-order chi connectivity index (χ0) is 24.1. The molecule has 7 heteroatoms. The third kappa shape index (κ3) is 3.46. The molecular weight excluding hydrogens is 438 g/mol. The summed E-state index contributed by atoms with van der Waals surface area (Å²) in [6.45, 7) is 3.09. The van der Waals surface area contributed by atoms with Crippen molar-refractivity contribution in [1.29, 1.82) is 0 Å². The standard InChI is InChI=1S/C28H27N5O2/c1-18-8-7-13-24(29-18)30-25(34)15-17-32-23-12-6-3-9-19(23)20-14-16-33-27(26(20)32)31(2)22-11-5-4-10-21(22)28(33)35/h3-13,27H,14-17H2,1-2H3,(H,29,30,34). The van der Waals surface area contributed by atoms with Crippen molar-refractivity contribution in [2.45, 2.75) is 32.5 Å². The van der Waals surface area contributed by atoms with Crippen molar-refractivity contribution in [2.24, 2.45) is 0 Å². The number of carbonyl (C=O) groups is 2. The monoisotopic (exact) mass is 465 g/mol. The van der Waals surface area contributed by atoms with E-state index in [0.29, 0.717) is 25.3 Å². The molecule has 0 saturated carbocycles. The molecule has 0 bridgehead atoms. The smallest absolute Gasteiger partial charge is 0.257 e. The van der Waals surface area contributed by atoms with Crippen molar-refractivity contribution in [3.05, 3.63) is 89.2 Å². The zero-order valence-electron chi connectivity index (χ0n) is 19.9. The molecule has 6 rings (SSSR count). The van der Waals surface area contributed by atoms with Gasteiger partial charge in [-0.05, 0) is 49.2 Å². The lowest BCUT2D eigenvalue weighted by atomic mass is 9.96. The summed E-state index contributed by atoms with van der Waals surface area (Å²) in [7, 11) is 2.05. The lowest BCUT2D eigenvalue weighted by molar-refractivity contribution is -0.116.